The lowest BCUT2D eigenvalue weighted by molar-refractivity contribution is 0.282. The van der Waals surface area contributed by atoms with Gasteiger partial charge in [-0.25, -0.2) is 0 Å². The molecule has 0 fully saturated rings. The molecule has 0 bridgehead atoms. The molecule has 1 heterocycles. The van der Waals surface area contributed by atoms with Crippen molar-refractivity contribution in [2.45, 2.75) is 6.61 Å². The molecule has 1 N–H and O–H groups in total. The molecular weight excluding hydrogens is 222 g/mol. The molecule has 90 valence electrons. The summed E-state index contributed by atoms with van der Waals surface area (Å²) in [6, 6.07) is 16.5. The Bertz CT molecular complexity index is 697. The van der Waals surface area contributed by atoms with Crippen molar-refractivity contribution in [1.82, 2.24) is 4.57 Å². The molecule has 0 aliphatic carbocycles. The fraction of sp³-hybridized carbons (Fsp3) is 0.125. The summed E-state index contributed by atoms with van der Waals surface area (Å²) in [5, 5.41) is 10.6. The van der Waals surface area contributed by atoms with Gasteiger partial charge in [0.1, 0.15) is 0 Å². The summed E-state index contributed by atoms with van der Waals surface area (Å²) in [4.78, 5) is 0. The molecule has 0 saturated heterocycles. The number of aromatic nitrogens is 1. The summed E-state index contributed by atoms with van der Waals surface area (Å²) in [6.45, 7) is 0.0724. The monoisotopic (exact) mass is 237 g/mol. The first kappa shape index (κ1) is 11.1. The van der Waals surface area contributed by atoms with Crippen LogP contribution in [0.2, 0.25) is 0 Å². The van der Waals surface area contributed by atoms with Crippen LogP contribution in [0.1, 0.15) is 5.56 Å². The number of aliphatic hydroxyl groups is 1. The molecule has 0 aliphatic rings. The van der Waals surface area contributed by atoms with E-state index >= 15 is 0 Å². The van der Waals surface area contributed by atoms with Gasteiger partial charge in [-0.2, -0.15) is 0 Å². The van der Waals surface area contributed by atoms with Gasteiger partial charge in [0.2, 0.25) is 0 Å². The van der Waals surface area contributed by atoms with Crippen molar-refractivity contribution >= 4 is 10.9 Å². The van der Waals surface area contributed by atoms with E-state index in [1.54, 1.807) is 0 Å². The van der Waals surface area contributed by atoms with Crippen LogP contribution in [-0.4, -0.2) is 9.67 Å². The fourth-order valence-electron chi connectivity index (χ4n) is 2.39. The molecule has 0 radical (unpaired) electrons. The second-order valence-corrected chi connectivity index (χ2v) is 4.52. The maximum Gasteiger partial charge on any atom is 0.0687 e. The molecule has 0 unspecified atom stereocenters. The highest BCUT2D eigenvalue weighted by atomic mass is 16.3. The van der Waals surface area contributed by atoms with Crippen LogP contribution >= 0.6 is 0 Å². The molecule has 0 aliphatic heterocycles. The molecule has 0 atom stereocenters. The number of rotatable bonds is 2. The number of aryl methyl sites for hydroxylation is 1. The molecule has 3 rings (SSSR count). The van der Waals surface area contributed by atoms with Gasteiger partial charge in [-0.05, 0) is 34.9 Å². The lowest BCUT2D eigenvalue weighted by Crippen LogP contribution is -1.89. The van der Waals surface area contributed by atoms with E-state index < -0.39 is 0 Å². The van der Waals surface area contributed by atoms with Gasteiger partial charge in [0.05, 0.1) is 6.61 Å². The summed E-state index contributed by atoms with van der Waals surface area (Å²) in [5.41, 5.74) is 4.44. The molecule has 2 nitrogen and oxygen atoms in total. The first-order valence-electron chi connectivity index (χ1n) is 6.04. The van der Waals surface area contributed by atoms with Crippen LogP contribution in [0.15, 0.2) is 54.7 Å². The zero-order chi connectivity index (χ0) is 12.5. The minimum atomic E-state index is 0.0724. The van der Waals surface area contributed by atoms with Crippen molar-refractivity contribution in [3.8, 4) is 11.1 Å². The SMILES string of the molecule is Cn1ccc2cc(-c3ccccc3CO)ccc21. The molecule has 0 spiro atoms. The van der Waals surface area contributed by atoms with Gasteiger partial charge in [0.15, 0.2) is 0 Å². The normalized spacial score (nSPS) is 11.0. The van der Waals surface area contributed by atoms with E-state index in [0.717, 1.165) is 16.7 Å². The Labute approximate surface area is 106 Å². The Morgan fingerprint density at radius 2 is 1.89 bits per heavy atom. The van der Waals surface area contributed by atoms with Gasteiger partial charge in [0, 0.05) is 24.1 Å². The third-order valence-corrected chi connectivity index (χ3v) is 3.38. The first-order valence-corrected chi connectivity index (χ1v) is 6.04. The Morgan fingerprint density at radius 1 is 1.06 bits per heavy atom. The number of nitrogens with zero attached hydrogens (tertiary/aromatic N) is 1. The van der Waals surface area contributed by atoms with E-state index in [4.69, 9.17) is 0 Å². The van der Waals surface area contributed by atoms with Crippen molar-refractivity contribution in [3.63, 3.8) is 0 Å². The highest BCUT2D eigenvalue weighted by Gasteiger charge is 2.05. The minimum absolute atomic E-state index is 0.0724. The highest BCUT2D eigenvalue weighted by molar-refractivity contribution is 5.86. The number of hydrogen-bond acceptors (Lipinski definition) is 1. The van der Waals surface area contributed by atoms with Crippen LogP contribution in [0, 0.1) is 0 Å². The Morgan fingerprint density at radius 3 is 2.72 bits per heavy atom. The highest BCUT2D eigenvalue weighted by Crippen LogP contribution is 2.27. The fourth-order valence-corrected chi connectivity index (χ4v) is 2.39. The zero-order valence-electron chi connectivity index (χ0n) is 10.3. The van der Waals surface area contributed by atoms with Crippen LogP contribution in [-0.2, 0) is 13.7 Å². The van der Waals surface area contributed by atoms with Gasteiger partial charge in [-0.3, -0.25) is 0 Å². The van der Waals surface area contributed by atoms with Crippen LogP contribution in [0.4, 0.5) is 0 Å². The van der Waals surface area contributed by atoms with E-state index in [-0.39, 0.29) is 6.61 Å². The number of fused-ring (bicyclic) bond motifs is 1. The topological polar surface area (TPSA) is 25.2 Å². The van der Waals surface area contributed by atoms with Gasteiger partial charge in [0.25, 0.3) is 0 Å². The van der Waals surface area contributed by atoms with Crippen molar-refractivity contribution < 1.29 is 5.11 Å². The lowest BCUT2D eigenvalue weighted by Gasteiger charge is -2.08. The van der Waals surface area contributed by atoms with Crippen molar-refractivity contribution in [2.75, 3.05) is 0 Å². The Hall–Kier alpha value is -2.06. The maximum atomic E-state index is 9.39. The summed E-state index contributed by atoms with van der Waals surface area (Å²) in [5.74, 6) is 0. The van der Waals surface area contributed by atoms with Crippen LogP contribution < -0.4 is 0 Å². The largest absolute Gasteiger partial charge is 0.392 e. The number of benzene rings is 2. The zero-order valence-corrected chi connectivity index (χ0v) is 10.3. The van der Waals surface area contributed by atoms with Crippen molar-refractivity contribution in [3.05, 3.63) is 60.3 Å². The molecule has 3 aromatic rings. The van der Waals surface area contributed by atoms with E-state index in [1.807, 2.05) is 25.2 Å². The average molecular weight is 237 g/mol. The quantitative estimate of drug-likeness (QED) is 0.726. The van der Waals surface area contributed by atoms with E-state index in [0.29, 0.717) is 0 Å². The smallest absolute Gasteiger partial charge is 0.0687 e. The lowest BCUT2D eigenvalue weighted by atomic mass is 9.99. The second-order valence-electron chi connectivity index (χ2n) is 4.52. The van der Waals surface area contributed by atoms with Crippen LogP contribution in [0.5, 0.6) is 0 Å². The molecular formula is C16H15NO. The summed E-state index contributed by atoms with van der Waals surface area (Å²) in [6.07, 6.45) is 2.06. The van der Waals surface area contributed by atoms with Crippen molar-refractivity contribution in [2.24, 2.45) is 7.05 Å². The van der Waals surface area contributed by atoms with E-state index in [2.05, 4.69) is 41.1 Å². The third kappa shape index (κ3) is 1.71. The maximum absolute atomic E-state index is 9.39. The Kier molecular flexibility index (Phi) is 2.65. The Balaban J connectivity index is 2.19. The molecule has 0 amide bonds. The van der Waals surface area contributed by atoms with E-state index in [1.165, 1.54) is 10.9 Å². The summed E-state index contributed by atoms with van der Waals surface area (Å²) >= 11 is 0. The van der Waals surface area contributed by atoms with E-state index in [9.17, 15) is 5.11 Å². The molecule has 0 saturated carbocycles. The molecule has 2 heteroatoms. The predicted molar refractivity (Wildman–Crippen MR) is 74.3 cm³/mol. The number of aliphatic hydroxyl groups excluding tert-OH is 1. The van der Waals surface area contributed by atoms with Gasteiger partial charge < -0.3 is 9.67 Å². The second kappa shape index (κ2) is 4.31. The van der Waals surface area contributed by atoms with Gasteiger partial charge >= 0.3 is 0 Å². The number of hydrogen-bond donors (Lipinski definition) is 1. The molecule has 18 heavy (non-hydrogen) atoms. The third-order valence-electron chi connectivity index (χ3n) is 3.38. The minimum Gasteiger partial charge on any atom is -0.392 e. The molecule has 2 aromatic carbocycles. The van der Waals surface area contributed by atoms with Gasteiger partial charge in [-0.15, -0.1) is 0 Å². The van der Waals surface area contributed by atoms with Crippen LogP contribution in [0.3, 0.4) is 0 Å². The standard InChI is InChI=1S/C16H15NO/c1-17-9-8-13-10-12(6-7-16(13)17)15-5-3-2-4-14(15)11-18/h2-10,18H,11H2,1H3. The van der Waals surface area contributed by atoms with Gasteiger partial charge in [-0.1, -0.05) is 30.3 Å². The van der Waals surface area contributed by atoms with Crippen LogP contribution in [0.25, 0.3) is 22.0 Å². The average Bonchev–Trinajstić information content (AvgIpc) is 2.80. The first-order chi connectivity index (χ1) is 8.79. The predicted octanol–water partition coefficient (Wildman–Crippen LogP) is 3.34. The van der Waals surface area contributed by atoms with Crippen molar-refractivity contribution in [1.29, 1.82) is 0 Å². The summed E-state index contributed by atoms with van der Waals surface area (Å²) in [7, 11) is 2.05. The summed E-state index contributed by atoms with van der Waals surface area (Å²) < 4.78 is 2.11. The molecule has 1 aromatic heterocycles.